The topological polar surface area (TPSA) is 106 Å². The molecular weight excluding hydrogens is 521 g/mol. The van der Waals surface area contributed by atoms with Crippen molar-refractivity contribution < 1.29 is 27.5 Å². The third-order valence-electron chi connectivity index (χ3n) is 7.98. The lowest BCUT2D eigenvalue weighted by atomic mass is 9.88. The molecule has 0 aromatic heterocycles. The van der Waals surface area contributed by atoms with Gasteiger partial charge in [0.05, 0.1) is 18.0 Å². The van der Waals surface area contributed by atoms with Gasteiger partial charge in [0, 0.05) is 24.0 Å². The Hall–Kier alpha value is -3.56. The molecule has 0 bridgehead atoms. The first-order chi connectivity index (χ1) is 18.9. The number of halogens is 3. The second-order valence-corrected chi connectivity index (χ2v) is 11.7. The molecule has 2 aromatic carbocycles. The zero-order chi connectivity index (χ0) is 28.7. The normalized spacial score (nSPS) is 23.4. The van der Waals surface area contributed by atoms with Gasteiger partial charge in [0.15, 0.2) is 5.96 Å². The van der Waals surface area contributed by atoms with Crippen LogP contribution in [0, 0.1) is 0 Å². The van der Waals surface area contributed by atoms with E-state index < -0.39 is 17.7 Å². The van der Waals surface area contributed by atoms with Crippen molar-refractivity contribution >= 4 is 17.8 Å². The van der Waals surface area contributed by atoms with Crippen molar-refractivity contribution in [2.45, 2.75) is 95.0 Å². The van der Waals surface area contributed by atoms with Crippen LogP contribution in [0.25, 0.3) is 0 Å². The molecule has 3 aliphatic rings. The van der Waals surface area contributed by atoms with Crippen molar-refractivity contribution in [3.8, 4) is 5.75 Å². The predicted molar refractivity (Wildman–Crippen MR) is 145 cm³/mol. The molecule has 10 heteroatoms. The lowest BCUT2D eigenvalue weighted by molar-refractivity contribution is -0.149. The largest absolute Gasteiger partial charge is 0.487 e. The highest BCUT2D eigenvalue weighted by atomic mass is 19.4. The van der Waals surface area contributed by atoms with Crippen LogP contribution in [0.3, 0.4) is 0 Å². The van der Waals surface area contributed by atoms with Gasteiger partial charge < -0.3 is 15.8 Å². The van der Waals surface area contributed by atoms with Gasteiger partial charge in [0.25, 0.3) is 5.91 Å². The van der Waals surface area contributed by atoms with Gasteiger partial charge in [-0.05, 0) is 80.8 Å². The zero-order valence-electron chi connectivity index (χ0n) is 22.7. The Morgan fingerprint density at radius 1 is 1.18 bits per heavy atom. The van der Waals surface area contributed by atoms with E-state index in [4.69, 9.17) is 10.5 Å². The Morgan fingerprint density at radius 3 is 2.73 bits per heavy atom. The van der Waals surface area contributed by atoms with Crippen molar-refractivity contribution in [2.24, 2.45) is 10.7 Å². The van der Waals surface area contributed by atoms with Crippen molar-refractivity contribution in [3.05, 3.63) is 64.2 Å². The lowest BCUT2D eigenvalue weighted by Gasteiger charge is -2.38. The first-order valence-corrected chi connectivity index (χ1v) is 13.8. The molecule has 3 unspecified atom stereocenters. The Balaban J connectivity index is 1.26. The maximum Gasteiger partial charge on any atom is 0.395 e. The molecule has 0 saturated carbocycles. The lowest BCUT2D eigenvalue weighted by Crippen LogP contribution is -2.43. The fourth-order valence-corrected chi connectivity index (χ4v) is 6.09. The maximum atomic E-state index is 13.3. The van der Waals surface area contributed by atoms with Gasteiger partial charge in [0.1, 0.15) is 11.4 Å². The summed E-state index contributed by atoms with van der Waals surface area (Å²) in [6.07, 6.45) is 0.350. The van der Waals surface area contributed by atoms with Crippen molar-refractivity contribution in [2.75, 3.05) is 0 Å². The highest BCUT2D eigenvalue weighted by molar-refractivity contribution is 5.98. The third-order valence-corrected chi connectivity index (χ3v) is 7.98. The van der Waals surface area contributed by atoms with Gasteiger partial charge in [0.2, 0.25) is 5.91 Å². The average molecular weight is 557 g/mol. The van der Waals surface area contributed by atoms with Crippen LogP contribution in [0.5, 0.6) is 5.75 Å². The van der Waals surface area contributed by atoms with Gasteiger partial charge in [-0.2, -0.15) is 13.2 Å². The number of carbonyl (C=O) groups is 2. The van der Waals surface area contributed by atoms with E-state index in [9.17, 15) is 22.8 Å². The van der Waals surface area contributed by atoms with Crippen molar-refractivity contribution in [1.82, 2.24) is 10.6 Å². The molecule has 0 saturated heterocycles. The fraction of sp³-hybridized carbons (Fsp3) is 0.500. The number of ether oxygens (including phenoxy) is 1. The minimum atomic E-state index is -4.28. The molecule has 2 heterocycles. The molecule has 1 aliphatic carbocycles. The molecule has 0 spiro atoms. The number of benzene rings is 2. The molecule has 2 aliphatic heterocycles. The quantitative estimate of drug-likeness (QED) is 0.406. The Bertz CT molecular complexity index is 1340. The number of fused-ring (bicyclic) bond motifs is 2. The van der Waals surface area contributed by atoms with E-state index in [0.717, 1.165) is 36.8 Å². The Labute approximate surface area is 231 Å². The predicted octanol–water partition coefficient (Wildman–Crippen LogP) is 5.23. The molecule has 3 atom stereocenters. The molecule has 0 radical (unpaired) electrons. The SMILES string of the molecule is CC1(C)CC(NC(=O)c2ccc3c(c2)CCC3C(F)(F)F)c2cc(CCCCC3CC(=O)NC(N)=N3)ccc2O1. The number of nitrogens with zero attached hydrogens (tertiary/aromatic N) is 1. The summed E-state index contributed by atoms with van der Waals surface area (Å²) in [6, 6.07) is 10.2. The van der Waals surface area contributed by atoms with Gasteiger partial charge in [-0.3, -0.25) is 14.9 Å². The summed E-state index contributed by atoms with van der Waals surface area (Å²) in [6.45, 7) is 3.94. The van der Waals surface area contributed by atoms with Crippen LogP contribution in [0.4, 0.5) is 13.2 Å². The summed E-state index contributed by atoms with van der Waals surface area (Å²) >= 11 is 0. The van der Waals surface area contributed by atoms with E-state index in [-0.39, 0.29) is 41.8 Å². The van der Waals surface area contributed by atoms with Crippen LogP contribution in [-0.4, -0.2) is 35.6 Å². The first-order valence-electron chi connectivity index (χ1n) is 13.8. The van der Waals surface area contributed by atoms with Gasteiger partial charge >= 0.3 is 6.18 Å². The molecule has 5 rings (SSSR count). The molecule has 2 amide bonds. The van der Waals surface area contributed by atoms with Crippen LogP contribution in [0.15, 0.2) is 41.4 Å². The molecule has 40 heavy (non-hydrogen) atoms. The fourth-order valence-electron chi connectivity index (χ4n) is 6.09. The number of aryl methyl sites for hydroxylation is 2. The third kappa shape index (κ3) is 6.26. The summed E-state index contributed by atoms with van der Waals surface area (Å²) < 4.78 is 46.2. The Morgan fingerprint density at radius 2 is 1.98 bits per heavy atom. The van der Waals surface area contributed by atoms with E-state index >= 15 is 0 Å². The summed E-state index contributed by atoms with van der Waals surface area (Å²) in [4.78, 5) is 29.2. The highest BCUT2D eigenvalue weighted by Crippen LogP contribution is 2.45. The minimum Gasteiger partial charge on any atom is -0.487 e. The minimum absolute atomic E-state index is 0.0193. The van der Waals surface area contributed by atoms with E-state index in [1.807, 2.05) is 26.0 Å². The second kappa shape index (κ2) is 10.8. The summed E-state index contributed by atoms with van der Waals surface area (Å²) in [5.41, 5.74) is 8.39. The molecule has 2 aromatic rings. The van der Waals surface area contributed by atoms with E-state index in [2.05, 4.69) is 21.7 Å². The number of nitrogens with one attached hydrogen (secondary N) is 2. The number of carbonyl (C=O) groups excluding carboxylic acids is 2. The highest BCUT2D eigenvalue weighted by Gasteiger charge is 2.44. The monoisotopic (exact) mass is 556 g/mol. The number of rotatable bonds is 7. The number of amides is 2. The van der Waals surface area contributed by atoms with E-state index in [1.165, 1.54) is 12.1 Å². The summed E-state index contributed by atoms with van der Waals surface area (Å²) in [5, 5.41) is 5.63. The number of hydrogen-bond acceptors (Lipinski definition) is 5. The molecule has 214 valence electrons. The average Bonchev–Trinajstić information content (AvgIpc) is 3.30. The summed E-state index contributed by atoms with van der Waals surface area (Å²) in [5.74, 6) is -0.987. The molecule has 7 nitrogen and oxygen atoms in total. The number of nitrogens with two attached hydrogens (primary N) is 1. The van der Waals surface area contributed by atoms with Crippen LogP contribution in [0.1, 0.15) is 96.9 Å². The first kappa shape index (κ1) is 28.0. The van der Waals surface area contributed by atoms with Crippen molar-refractivity contribution in [3.63, 3.8) is 0 Å². The number of unbranched alkanes of at least 4 members (excludes halogenated alkanes) is 1. The van der Waals surface area contributed by atoms with Crippen LogP contribution in [-0.2, 0) is 17.6 Å². The van der Waals surface area contributed by atoms with Crippen LogP contribution >= 0.6 is 0 Å². The second-order valence-electron chi connectivity index (χ2n) is 11.7. The number of guanidine groups is 1. The number of hydrogen-bond donors (Lipinski definition) is 3. The number of aliphatic imine (C=N–C) groups is 1. The molecule has 0 fully saturated rings. The smallest absolute Gasteiger partial charge is 0.395 e. The van der Waals surface area contributed by atoms with E-state index in [1.54, 1.807) is 6.07 Å². The molecular formula is C30H35F3N4O3. The maximum absolute atomic E-state index is 13.3. The van der Waals surface area contributed by atoms with Crippen LogP contribution < -0.4 is 21.1 Å². The Kier molecular flexibility index (Phi) is 7.54. The van der Waals surface area contributed by atoms with Gasteiger partial charge in [-0.15, -0.1) is 0 Å². The summed E-state index contributed by atoms with van der Waals surface area (Å²) in [7, 11) is 0. The van der Waals surface area contributed by atoms with Gasteiger partial charge in [-0.25, -0.2) is 4.99 Å². The zero-order valence-corrected chi connectivity index (χ0v) is 22.7. The van der Waals surface area contributed by atoms with E-state index in [0.29, 0.717) is 36.1 Å². The molecule has 4 N–H and O–H groups in total. The standard InChI is InChI=1S/C30H35F3N4O3/c1-29(2)16-24(36-27(39)19-8-10-21-18(14-19)9-11-23(21)30(31,32)33)22-13-17(7-12-25(22)40-29)5-3-4-6-20-15-26(38)37-28(34)35-20/h7-8,10,12-14,20,23-24H,3-6,9,11,15-16H2,1-2H3,(H,36,39)(H3,34,35,37,38). The number of alkyl halides is 3. The van der Waals surface area contributed by atoms with Gasteiger partial charge in [-0.1, -0.05) is 24.6 Å². The van der Waals surface area contributed by atoms with Crippen molar-refractivity contribution in [1.29, 1.82) is 0 Å². The van der Waals surface area contributed by atoms with Crippen LogP contribution in [0.2, 0.25) is 0 Å².